The fourth-order valence-corrected chi connectivity index (χ4v) is 2.35. The molecule has 23 heavy (non-hydrogen) atoms. The van der Waals surface area contributed by atoms with Crippen molar-refractivity contribution in [3.8, 4) is 11.6 Å². The third kappa shape index (κ3) is 3.97. The van der Waals surface area contributed by atoms with E-state index < -0.39 is 4.92 Å². The Kier molecular flexibility index (Phi) is 4.37. The van der Waals surface area contributed by atoms with E-state index in [2.05, 4.69) is 10.3 Å². The molecule has 1 aromatic carbocycles. The van der Waals surface area contributed by atoms with Crippen molar-refractivity contribution in [2.45, 2.75) is 6.54 Å². The first-order chi connectivity index (χ1) is 11.2. The Hall–Kier alpha value is -3.09. The summed E-state index contributed by atoms with van der Waals surface area (Å²) in [7, 11) is 0. The van der Waals surface area contributed by atoms with E-state index in [1.807, 2.05) is 41.3 Å². The molecule has 0 spiro atoms. The number of hydrogen-bond acceptors (Lipinski definition) is 6. The summed E-state index contributed by atoms with van der Waals surface area (Å²) in [5.41, 5.74) is 1.05. The first-order valence-electron chi connectivity index (χ1n) is 7.23. The zero-order valence-corrected chi connectivity index (χ0v) is 12.4. The topological polar surface area (TPSA) is 80.5 Å². The van der Waals surface area contributed by atoms with Crippen molar-refractivity contribution in [2.75, 3.05) is 13.1 Å². The molecule has 0 saturated carbocycles. The molecule has 3 rings (SSSR count). The van der Waals surface area contributed by atoms with Crippen LogP contribution in [0.25, 0.3) is 0 Å². The maximum Gasteiger partial charge on any atom is 0.274 e. The summed E-state index contributed by atoms with van der Waals surface area (Å²) in [5.74, 6) is 1.79. The lowest BCUT2D eigenvalue weighted by molar-refractivity contribution is -0.404. The molecule has 1 aliphatic heterocycles. The van der Waals surface area contributed by atoms with Crippen LogP contribution in [0.4, 0.5) is 0 Å². The Morgan fingerprint density at radius 3 is 2.83 bits per heavy atom. The van der Waals surface area contributed by atoms with Crippen LogP contribution in [0.2, 0.25) is 0 Å². The highest BCUT2D eigenvalue weighted by atomic mass is 16.6. The van der Waals surface area contributed by atoms with Gasteiger partial charge in [-0.15, -0.1) is 0 Å². The molecular weight excluding hydrogens is 296 g/mol. The van der Waals surface area contributed by atoms with E-state index in [4.69, 9.17) is 4.74 Å². The number of aromatic nitrogens is 1. The number of nitro groups is 1. The van der Waals surface area contributed by atoms with E-state index in [1.54, 1.807) is 12.3 Å². The van der Waals surface area contributed by atoms with Gasteiger partial charge in [0.15, 0.2) is 5.82 Å². The van der Waals surface area contributed by atoms with Crippen LogP contribution in [0, 0.1) is 10.1 Å². The highest BCUT2D eigenvalue weighted by Crippen LogP contribution is 2.21. The van der Waals surface area contributed by atoms with Gasteiger partial charge in [0.05, 0.1) is 4.92 Å². The molecular formula is C16H16N4O3. The molecule has 2 heterocycles. The zero-order chi connectivity index (χ0) is 16.1. The molecule has 1 saturated heterocycles. The van der Waals surface area contributed by atoms with Crippen molar-refractivity contribution in [1.82, 2.24) is 15.2 Å². The summed E-state index contributed by atoms with van der Waals surface area (Å²) in [6.07, 6.45) is 2.68. The van der Waals surface area contributed by atoms with Crippen LogP contribution in [-0.4, -0.2) is 27.9 Å². The number of pyridine rings is 1. The van der Waals surface area contributed by atoms with Gasteiger partial charge in [0.25, 0.3) is 6.20 Å². The molecule has 118 valence electrons. The van der Waals surface area contributed by atoms with Crippen LogP contribution >= 0.6 is 0 Å². The molecule has 7 heteroatoms. The SMILES string of the molecule is O=[N+]([O-])C=C1NCCN1Cc1ccc(Oc2ccccn2)cc1. The van der Waals surface area contributed by atoms with Gasteiger partial charge in [-0.2, -0.15) is 0 Å². The Morgan fingerprint density at radius 1 is 1.30 bits per heavy atom. The van der Waals surface area contributed by atoms with Crippen molar-refractivity contribution in [3.05, 3.63) is 76.4 Å². The maximum atomic E-state index is 10.6. The summed E-state index contributed by atoms with van der Waals surface area (Å²) in [6, 6.07) is 13.1. The molecule has 0 bridgehead atoms. The number of benzene rings is 1. The Labute approximate surface area is 133 Å². The number of nitrogens with zero attached hydrogens (tertiary/aromatic N) is 3. The fourth-order valence-electron chi connectivity index (χ4n) is 2.35. The first-order valence-corrected chi connectivity index (χ1v) is 7.23. The third-order valence-corrected chi connectivity index (χ3v) is 3.41. The van der Waals surface area contributed by atoms with Crippen LogP contribution in [-0.2, 0) is 6.54 Å². The summed E-state index contributed by atoms with van der Waals surface area (Å²) >= 11 is 0. The largest absolute Gasteiger partial charge is 0.439 e. The molecule has 1 aromatic heterocycles. The Balaban J connectivity index is 1.64. The van der Waals surface area contributed by atoms with Gasteiger partial charge in [0.2, 0.25) is 5.88 Å². The predicted octanol–water partition coefficient (Wildman–Crippen LogP) is 2.35. The molecule has 0 atom stereocenters. The van der Waals surface area contributed by atoms with Gasteiger partial charge in [-0.3, -0.25) is 10.1 Å². The highest BCUT2D eigenvalue weighted by molar-refractivity contribution is 5.30. The fraction of sp³-hybridized carbons (Fsp3) is 0.188. The third-order valence-electron chi connectivity index (χ3n) is 3.41. The lowest BCUT2D eigenvalue weighted by Gasteiger charge is -2.17. The molecule has 1 fully saturated rings. The number of hydrogen-bond donors (Lipinski definition) is 1. The molecule has 1 N–H and O–H groups in total. The van der Waals surface area contributed by atoms with Gasteiger partial charge >= 0.3 is 0 Å². The summed E-state index contributed by atoms with van der Waals surface area (Å²) in [4.78, 5) is 16.2. The second-order valence-electron chi connectivity index (χ2n) is 5.06. The first kappa shape index (κ1) is 14.8. The van der Waals surface area contributed by atoms with Gasteiger partial charge in [0, 0.05) is 31.9 Å². The van der Waals surface area contributed by atoms with E-state index >= 15 is 0 Å². The lowest BCUT2D eigenvalue weighted by atomic mass is 10.2. The van der Waals surface area contributed by atoms with E-state index in [1.165, 1.54) is 0 Å². The number of nitrogens with one attached hydrogen (secondary N) is 1. The van der Waals surface area contributed by atoms with E-state index in [-0.39, 0.29) is 0 Å². The normalized spacial score (nSPS) is 15.5. The molecule has 0 amide bonds. The molecule has 7 nitrogen and oxygen atoms in total. The summed E-state index contributed by atoms with van der Waals surface area (Å²) in [6.45, 7) is 2.06. The monoisotopic (exact) mass is 312 g/mol. The second kappa shape index (κ2) is 6.78. The van der Waals surface area contributed by atoms with Crippen LogP contribution in [0.5, 0.6) is 11.6 Å². The van der Waals surface area contributed by atoms with Crippen molar-refractivity contribution < 1.29 is 9.66 Å². The standard InChI is InChI=1S/C16H16N4O3/c21-20(22)12-15-17-9-10-19(15)11-13-4-6-14(7-5-13)23-16-3-1-2-8-18-16/h1-8,12,17H,9-11H2. The Bertz CT molecular complexity index is 701. The van der Waals surface area contributed by atoms with E-state index in [9.17, 15) is 10.1 Å². The average Bonchev–Trinajstić information content (AvgIpc) is 2.96. The minimum absolute atomic E-state index is 0.440. The van der Waals surface area contributed by atoms with Gasteiger partial charge < -0.3 is 15.0 Å². The maximum absolute atomic E-state index is 10.6. The molecule has 2 aromatic rings. The summed E-state index contributed by atoms with van der Waals surface area (Å²) in [5, 5.41) is 13.6. The van der Waals surface area contributed by atoms with Crippen molar-refractivity contribution >= 4 is 0 Å². The summed E-state index contributed by atoms with van der Waals surface area (Å²) < 4.78 is 5.64. The van der Waals surface area contributed by atoms with Crippen LogP contribution < -0.4 is 10.1 Å². The van der Waals surface area contributed by atoms with Crippen molar-refractivity contribution in [3.63, 3.8) is 0 Å². The number of ether oxygens (including phenoxy) is 1. The van der Waals surface area contributed by atoms with E-state index in [0.29, 0.717) is 30.5 Å². The number of rotatable bonds is 5. The minimum atomic E-state index is -0.440. The van der Waals surface area contributed by atoms with Gasteiger partial charge in [-0.05, 0) is 23.8 Å². The smallest absolute Gasteiger partial charge is 0.274 e. The Morgan fingerprint density at radius 2 is 2.13 bits per heavy atom. The predicted molar refractivity (Wildman–Crippen MR) is 84.2 cm³/mol. The lowest BCUT2D eigenvalue weighted by Crippen LogP contribution is -2.20. The minimum Gasteiger partial charge on any atom is -0.439 e. The molecule has 0 unspecified atom stereocenters. The van der Waals surface area contributed by atoms with Gasteiger partial charge in [0.1, 0.15) is 5.75 Å². The average molecular weight is 312 g/mol. The highest BCUT2D eigenvalue weighted by Gasteiger charge is 2.19. The molecule has 0 aliphatic carbocycles. The van der Waals surface area contributed by atoms with Gasteiger partial charge in [-0.25, -0.2) is 4.98 Å². The zero-order valence-electron chi connectivity index (χ0n) is 12.4. The molecule has 0 radical (unpaired) electrons. The van der Waals surface area contributed by atoms with Crippen molar-refractivity contribution in [1.29, 1.82) is 0 Å². The van der Waals surface area contributed by atoms with Crippen molar-refractivity contribution in [2.24, 2.45) is 0 Å². The van der Waals surface area contributed by atoms with Gasteiger partial charge in [-0.1, -0.05) is 18.2 Å². The second-order valence-corrected chi connectivity index (χ2v) is 5.06. The quantitative estimate of drug-likeness (QED) is 0.674. The molecule has 1 aliphatic rings. The van der Waals surface area contributed by atoms with Crippen LogP contribution in [0.15, 0.2) is 60.7 Å². The van der Waals surface area contributed by atoms with Crippen LogP contribution in [0.1, 0.15) is 5.56 Å². The van der Waals surface area contributed by atoms with E-state index in [0.717, 1.165) is 18.3 Å². The van der Waals surface area contributed by atoms with Crippen LogP contribution in [0.3, 0.4) is 0 Å².